The molecular formula is C12H14F3NO4S2. The van der Waals surface area contributed by atoms with Crippen LogP contribution in [0, 0.1) is 17.5 Å². The van der Waals surface area contributed by atoms with Crippen LogP contribution in [0.1, 0.15) is 13.3 Å². The highest BCUT2D eigenvalue weighted by atomic mass is 32.2. The largest absolute Gasteiger partial charge is 0.246 e. The monoisotopic (exact) mass is 357 g/mol. The van der Waals surface area contributed by atoms with E-state index in [1.165, 1.54) is 6.92 Å². The van der Waals surface area contributed by atoms with Crippen LogP contribution in [0.15, 0.2) is 17.0 Å². The Hall–Kier alpha value is -1.13. The van der Waals surface area contributed by atoms with Crippen LogP contribution in [0.4, 0.5) is 13.2 Å². The zero-order chi connectivity index (χ0) is 16.7. The first kappa shape index (κ1) is 17.2. The minimum Gasteiger partial charge on any atom is -0.229 e. The number of rotatable bonds is 4. The number of hydrogen-bond donors (Lipinski definition) is 0. The Morgan fingerprint density at radius 3 is 2.36 bits per heavy atom. The number of nitrogens with zero attached hydrogens (tertiary/aromatic N) is 1. The molecule has 1 aromatic rings. The molecule has 0 aliphatic carbocycles. The molecule has 1 aromatic carbocycles. The second kappa shape index (κ2) is 5.82. The van der Waals surface area contributed by atoms with Crippen molar-refractivity contribution in [2.45, 2.75) is 24.3 Å². The summed E-state index contributed by atoms with van der Waals surface area (Å²) in [7, 11) is -7.82. The lowest BCUT2D eigenvalue weighted by Crippen LogP contribution is -2.41. The van der Waals surface area contributed by atoms with Crippen LogP contribution in [0.2, 0.25) is 0 Å². The third kappa shape index (κ3) is 2.99. The standard InChI is InChI=1S/C12H14F3NO4S2/c1-2-16(8-5-6-21(17,18)7-8)22(19,20)10-4-3-9(13)11(14)12(10)15/h3-4,8H,2,5-7H2,1H3/t8-/m1/s1. The molecule has 0 saturated carbocycles. The molecule has 0 aromatic heterocycles. The normalized spacial score (nSPS) is 21.4. The van der Waals surface area contributed by atoms with Crippen molar-refractivity contribution < 1.29 is 30.0 Å². The zero-order valence-corrected chi connectivity index (χ0v) is 13.2. The molecule has 5 nitrogen and oxygen atoms in total. The summed E-state index contributed by atoms with van der Waals surface area (Å²) in [6, 6.07) is 0.312. The van der Waals surface area contributed by atoms with Crippen molar-refractivity contribution in [2.75, 3.05) is 18.1 Å². The quantitative estimate of drug-likeness (QED) is 0.762. The number of benzene rings is 1. The van der Waals surface area contributed by atoms with Gasteiger partial charge in [0.05, 0.1) is 11.5 Å². The van der Waals surface area contributed by atoms with Gasteiger partial charge < -0.3 is 0 Å². The van der Waals surface area contributed by atoms with Crippen LogP contribution in [0.3, 0.4) is 0 Å². The van der Waals surface area contributed by atoms with Gasteiger partial charge in [0.15, 0.2) is 27.3 Å². The molecule has 1 aliphatic rings. The molecule has 10 heteroatoms. The van der Waals surface area contributed by atoms with E-state index < -0.39 is 48.2 Å². The molecule has 0 radical (unpaired) electrons. The highest BCUT2D eigenvalue weighted by molar-refractivity contribution is 7.92. The summed E-state index contributed by atoms with van der Waals surface area (Å²) in [5.74, 6) is -5.71. The Morgan fingerprint density at radius 1 is 1.23 bits per heavy atom. The fourth-order valence-electron chi connectivity index (χ4n) is 2.46. The number of sulfone groups is 1. The van der Waals surface area contributed by atoms with Gasteiger partial charge in [-0.05, 0) is 18.6 Å². The average Bonchev–Trinajstić information content (AvgIpc) is 2.76. The average molecular weight is 357 g/mol. The third-order valence-electron chi connectivity index (χ3n) is 3.51. The van der Waals surface area contributed by atoms with Crippen LogP contribution in [0.5, 0.6) is 0 Å². The first-order valence-corrected chi connectivity index (χ1v) is 9.72. The SMILES string of the molecule is CCN([C@@H]1CCS(=O)(=O)C1)S(=O)(=O)c1ccc(F)c(F)c1F. The van der Waals surface area contributed by atoms with E-state index >= 15 is 0 Å². The Bertz CT molecular complexity index is 793. The first-order valence-electron chi connectivity index (χ1n) is 6.46. The molecule has 0 bridgehead atoms. The van der Waals surface area contributed by atoms with Crippen molar-refractivity contribution in [1.82, 2.24) is 4.31 Å². The number of hydrogen-bond acceptors (Lipinski definition) is 4. The molecule has 2 rings (SSSR count). The van der Waals surface area contributed by atoms with Crippen molar-refractivity contribution in [2.24, 2.45) is 0 Å². The van der Waals surface area contributed by atoms with E-state index in [2.05, 4.69) is 0 Å². The van der Waals surface area contributed by atoms with Crippen molar-refractivity contribution >= 4 is 19.9 Å². The van der Waals surface area contributed by atoms with Crippen molar-refractivity contribution in [3.8, 4) is 0 Å². The van der Waals surface area contributed by atoms with Crippen molar-refractivity contribution in [3.63, 3.8) is 0 Å². The lowest BCUT2D eigenvalue weighted by Gasteiger charge is -2.26. The summed E-state index contributed by atoms with van der Waals surface area (Å²) in [6.07, 6.45) is 0.0840. The molecule has 1 aliphatic heterocycles. The lowest BCUT2D eigenvalue weighted by molar-refractivity contribution is 0.350. The summed E-state index contributed by atoms with van der Waals surface area (Å²) in [5, 5.41) is 0. The van der Waals surface area contributed by atoms with E-state index in [9.17, 15) is 30.0 Å². The second-order valence-corrected chi connectivity index (χ2v) is 9.03. The minimum atomic E-state index is -4.47. The zero-order valence-electron chi connectivity index (χ0n) is 11.6. The number of halogens is 3. The van der Waals surface area contributed by atoms with Gasteiger partial charge in [-0.3, -0.25) is 0 Å². The first-order chi connectivity index (χ1) is 10.1. The second-order valence-electron chi connectivity index (χ2n) is 4.94. The molecule has 1 heterocycles. The minimum absolute atomic E-state index is 0.0840. The summed E-state index contributed by atoms with van der Waals surface area (Å²) in [6.45, 7) is 1.35. The van der Waals surface area contributed by atoms with Gasteiger partial charge in [-0.1, -0.05) is 6.92 Å². The molecule has 0 N–H and O–H groups in total. The van der Waals surface area contributed by atoms with Gasteiger partial charge in [0.25, 0.3) is 0 Å². The summed E-state index contributed by atoms with van der Waals surface area (Å²) < 4.78 is 88.6. The Morgan fingerprint density at radius 2 is 1.86 bits per heavy atom. The molecule has 22 heavy (non-hydrogen) atoms. The van der Waals surface area contributed by atoms with Crippen LogP contribution in [0.25, 0.3) is 0 Å². The third-order valence-corrected chi connectivity index (χ3v) is 7.31. The van der Waals surface area contributed by atoms with Gasteiger partial charge in [-0.25, -0.2) is 30.0 Å². The van der Waals surface area contributed by atoms with Gasteiger partial charge in [-0.2, -0.15) is 4.31 Å². The van der Waals surface area contributed by atoms with E-state index in [1.54, 1.807) is 0 Å². The fraction of sp³-hybridized carbons (Fsp3) is 0.500. The molecule has 1 atom stereocenters. The Balaban J connectivity index is 2.47. The summed E-state index contributed by atoms with van der Waals surface area (Å²) in [4.78, 5) is -1.00. The van der Waals surface area contributed by atoms with E-state index in [4.69, 9.17) is 0 Å². The molecule has 1 fully saturated rings. The summed E-state index contributed by atoms with van der Waals surface area (Å²) >= 11 is 0. The Labute approximate surface area is 126 Å². The lowest BCUT2D eigenvalue weighted by atomic mass is 10.3. The van der Waals surface area contributed by atoms with E-state index in [0.717, 1.165) is 4.31 Å². The van der Waals surface area contributed by atoms with Gasteiger partial charge in [-0.15, -0.1) is 0 Å². The van der Waals surface area contributed by atoms with E-state index in [-0.39, 0.29) is 24.5 Å². The maximum atomic E-state index is 13.8. The van der Waals surface area contributed by atoms with E-state index in [1.807, 2.05) is 0 Å². The topological polar surface area (TPSA) is 71.5 Å². The molecule has 0 unspecified atom stereocenters. The molecule has 0 amide bonds. The molecule has 1 saturated heterocycles. The van der Waals surface area contributed by atoms with Crippen molar-refractivity contribution in [1.29, 1.82) is 0 Å². The maximum Gasteiger partial charge on any atom is 0.246 e. The highest BCUT2D eigenvalue weighted by Gasteiger charge is 2.39. The molecular weight excluding hydrogens is 343 g/mol. The predicted molar refractivity (Wildman–Crippen MR) is 72.9 cm³/mol. The van der Waals surface area contributed by atoms with Gasteiger partial charge >= 0.3 is 0 Å². The van der Waals surface area contributed by atoms with Crippen LogP contribution in [-0.2, 0) is 19.9 Å². The van der Waals surface area contributed by atoms with Gasteiger partial charge in [0.1, 0.15) is 4.90 Å². The fourth-order valence-corrected chi connectivity index (χ4v) is 6.01. The maximum absolute atomic E-state index is 13.8. The molecule has 124 valence electrons. The van der Waals surface area contributed by atoms with E-state index in [0.29, 0.717) is 12.1 Å². The summed E-state index contributed by atoms with van der Waals surface area (Å²) in [5.41, 5.74) is 0. The van der Waals surface area contributed by atoms with Crippen LogP contribution >= 0.6 is 0 Å². The van der Waals surface area contributed by atoms with Crippen LogP contribution in [-0.4, -0.2) is 45.2 Å². The molecule has 0 spiro atoms. The Kier molecular flexibility index (Phi) is 4.56. The highest BCUT2D eigenvalue weighted by Crippen LogP contribution is 2.27. The number of sulfonamides is 1. The predicted octanol–water partition coefficient (Wildman–Crippen LogP) is 1.30. The van der Waals surface area contributed by atoms with Gasteiger partial charge in [0, 0.05) is 12.6 Å². The van der Waals surface area contributed by atoms with Gasteiger partial charge in [0.2, 0.25) is 10.0 Å². The van der Waals surface area contributed by atoms with Crippen LogP contribution < -0.4 is 0 Å². The smallest absolute Gasteiger partial charge is 0.229 e. The van der Waals surface area contributed by atoms with Crippen molar-refractivity contribution in [3.05, 3.63) is 29.6 Å².